The lowest BCUT2D eigenvalue weighted by Crippen LogP contribution is -2.27. The Hall–Kier alpha value is -1.71. The summed E-state index contributed by atoms with van der Waals surface area (Å²) < 4.78 is 72.3. The van der Waals surface area contributed by atoms with Crippen molar-refractivity contribution in [3.05, 3.63) is 23.7 Å². The van der Waals surface area contributed by atoms with Gasteiger partial charge in [-0.2, -0.15) is 21.6 Å². The Morgan fingerprint density at radius 3 is 2.48 bits per heavy atom. The van der Waals surface area contributed by atoms with Gasteiger partial charge in [-0.1, -0.05) is 6.08 Å². The predicted molar refractivity (Wildman–Crippen MR) is 64.0 cm³/mol. The Bertz CT molecular complexity index is 561. The highest BCUT2D eigenvalue weighted by molar-refractivity contribution is 7.87. The molecule has 1 unspecified atom stereocenters. The molecule has 6 nitrogen and oxygen atoms in total. The van der Waals surface area contributed by atoms with Gasteiger partial charge in [0.2, 0.25) is 0 Å². The van der Waals surface area contributed by atoms with Gasteiger partial charge in [-0.3, -0.25) is 4.79 Å². The fourth-order valence-corrected chi connectivity index (χ4v) is 2.11. The average molecular weight is 330 g/mol. The Morgan fingerprint density at radius 1 is 1.38 bits per heavy atom. The first-order valence-electron chi connectivity index (χ1n) is 5.63. The Balaban J connectivity index is 2.94. The monoisotopic (exact) mass is 330 g/mol. The minimum atomic E-state index is -5.79. The van der Waals surface area contributed by atoms with E-state index in [4.69, 9.17) is 4.74 Å². The molecule has 0 aliphatic heterocycles. The molecular weight excluding hydrogens is 317 g/mol. The maximum absolute atomic E-state index is 12.3. The molecular formula is C11H13F3O6S. The molecule has 0 aromatic heterocycles. The van der Waals surface area contributed by atoms with E-state index in [9.17, 15) is 26.4 Å². The van der Waals surface area contributed by atoms with Crippen molar-refractivity contribution < 1.29 is 40.0 Å². The third kappa shape index (κ3) is 4.38. The number of carbonyl (C=O) groups is 1. The first-order chi connectivity index (χ1) is 9.60. The van der Waals surface area contributed by atoms with Crippen LogP contribution in [0.15, 0.2) is 23.7 Å². The van der Waals surface area contributed by atoms with Gasteiger partial charge in [-0.25, -0.2) is 0 Å². The number of alkyl halides is 3. The molecule has 0 saturated heterocycles. The second-order valence-corrected chi connectivity index (χ2v) is 5.62. The average Bonchev–Trinajstić information content (AvgIpc) is 2.37. The van der Waals surface area contributed by atoms with Gasteiger partial charge in [0.05, 0.1) is 20.6 Å². The summed E-state index contributed by atoms with van der Waals surface area (Å²) in [6.07, 6.45) is 2.40. The summed E-state index contributed by atoms with van der Waals surface area (Å²) in [5, 5.41) is 0. The molecule has 0 saturated carbocycles. The van der Waals surface area contributed by atoms with Crippen LogP contribution in [-0.2, 0) is 28.6 Å². The van der Waals surface area contributed by atoms with Crippen molar-refractivity contribution in [1.82, 2.24) is 0 Å². The molecule has 0 bridgehead atoms. The smallest absolute Gasteiger partial charge is 0.493 e. The maximum Gasteiger partial charge on any atom is 0.534 e. The SMILES string of the molecule is COC(=O)CC1C=CC(OC)=C(OS(=O)(=O)C(F)(F)F)C1. The molecule has 1 aliphatic carbocycles. The van der Waals surface area contributed by atoms with E-state index < -0.39 is 33.3 Å². The van der Waals surface area contributed by atoms with Crippen molar-refractivity contribution in [3.8, 4) is 0 Å². The van der Waals surface area contributed by atoms with Crippen molar-refractivity contribution >= 4 is 16.1 Å². The highest BCUT2D eigenvalue weighted by Crippen LogP contribution is 2.33. The highest BCUT2D eigenvalue weighted by Gasteiger charge is 2.49. The summed E-state index contributed by atoms with van der Waals surface area (Å²) in [7, 11) is -3.47. The van der Waals surface area contributed by atoms with Crippen LogP contribution in [0.3, 0.4) is 0 Å². The summed E-state index contributed by atoms with van der Waals surface area (Å²) in [5.41, 5.74) is -5.54. The van der Waals surface area contributed by atoms with Crippen molar-refractivity contribution in [2.24, 2.45) is 5.92 Å². The van der Waals surface area contributed by atoms with Gasteiger partial charge in [-0.05, 0) is 12.0 Å². The molecule has 0 radical (unpaired) electrons. The second kappa shape index (κ2) is 6.37. The summed E-state index contributed by atoms with van der Waals surface area (Å²) in [6.45, 7) is 0. The van der Waals surface area contributed by atoms with Crippen LogP contribution >= 0.6 is 0 Å². The van der Waals surface area contributed by atoms with Crippen molar-refractivity contribution in [2.45, 2.75) is 18.3 Å². The van der Waals surface area contributed by atoms with Gasteiger partial charge in [0.1, 0.15) is 0 Å². The summed E-state index contributed by atoms with van der Waals surface area (Å²) in [5.74, 6) is -1.78. The van der Waals surface area contributed by atoms with Crippen LogP contribution in [0.5, 0.6) is 0 Å². The van der Waals surface area contributed by atoms with Gasteiger partial charge in [0.15, 0.2) is 11.5 Å². The quantitative estimate of drug-likeness (QED) is 0.435. The molecule has 21 heavy (non-hydrogen) atoms. The van der Waals surface area contributed by atoms with Crippen LogP contribution in [0.1, 0.15) is 12.8 Å². The predicted octanol–water partition coefficient (Wildman–Crippen LogP) is 1.85. The highest BCUT2D eigenvalue weighted by atomic mass is 32.2. The molecule has 1 rings (SSSR count). The van der Waals surface area contributed by atoms with Crippen molar-refractivity contribution in [3.63, 3.8) is 0 Å². The number of methoxy groups -OCH3 is 2. The lowest BCUT2D eigenvalue weighted by molar-refractivity contribution is -0.141. The first-order valence-corrected chi connectivity index (χ1v) is 7.04. The lowest BCUT2D eigenvalue weighted by atomic mass is 9.95. The fourth-order valence-electron chi connectivity index (χ4n) is 1.60. The van der Waals surface area contributed by atoms with E-state index in [-0.39, 0.29) is 18.6 Å². The third-order valence-corrected chi connectivity index (χ3v) is 3.60. The van der Waals surface area contributed by atoms with Crippen LogP contribution in [0.4, 0.5) is 13.2 Å². The number of halogens is 3. The maximum atomic E-state index is 12.3. The molecule has 0 aromatic carbocycles. The molecule has 1 atom stereocenters. The summed E-state index contributed by atoms with van der Waals surface area (Å²) >= 11 is 0. The van der Waals surface area contributed by atoms with E-state index in [0.717, 1.165) is 14.2 Å². The van der Waals surface area contributed by atoms with Crippen LogP contribution in [0, 0.1) is 5.92 Å². The number of ether oxygens (including phenoxy) is 2. The third-order valence-electron chi connectivity index (χ3n) is 2.61. The number of esters is 1. The first kappa shape index (κ1) is 17.3. The zero-order valence-electron chi connectivity index (χ0n) is 11.1. The van der Waals surface area contributed by atoms with Gasteiger partial charge >= 0.3 is 21.6 Å². The Kier molecular flexibility index (Phi) is 5.26. The number of rotatable bonds is 5. The van der Waals surface area contributed by atoms with Gasteiger partial charge < -0.3 is 13.7 Å². The molecule has 1 aliphatic rings. The largest absolute Gasteiger partial charge is 0.534 e. The van der Waals surface area contributed by atoms with E-state index in [2.05, 4.69) is 8.92 Å². The minimum absolute atomic E-state index is 0.122. The molecule has 0 amide bonds. The van der Waals surface area contributed by atoms with Crippen molar-refractivity contribution in [2.75, 3.05) is 14.2 Å². The van der Waals surface area contributed by atoms with Crippen LogP contribution in [-0.4, -0.2) is 34.1 Å². The fraction of sp³-hybridized carbons (Fsp3) is 0.545. The normalized spacial score (nSPS) is 19.4. The number of hydrogen-bond acceptors (Lipinski definition) is 6. The zero-order valence-corrected chi connectivity index (χ0v) is 12.0. The standard InChI is InChI=1S/C11H13F3O6S/c1-18-8-4-3-7(6-10(15)19-2)5-9(8)20-21(16,17)11(12,13)14/h3-4,7H,5-6H2,1-2H3. The molecule has 0 aromatic rings. The summed E-state index contributed by atoms with van der Waals surface area (Å²) in [6, 6.07) is 0. The molecule has 0 fully saturated rings. The second-order valence-electron chi connectivity index (χ2n) is 4.08. The molecule has 0 spiro atoms. The van der Waals surface area contributed by atoms with E-state index in [1.165, 1.54) is 12.2 Å². The van der Waals surface area contributed by atoms with E-state index in [1.54, 1.807) is 0 Å². The topological polar surface area (TPSA) is 78.9 Å². The Morgan fingerprint density at radius 2 is 2.00 bits per heavy atom. The van der Waals surface area contributed by atoms with Crippen LogP contribution in [0.25, 0.3) is 0 Å². The van der Waals surface area contributed by atoms with Gasteiger partial charge in [0.25, 0.3) is 0 Å². The lowest BCUT2D eigenvalue weighted by Gasteiger charge is -2.21. The molecule has 120 valence electrons. The zero-order chi connectivity index (χ0) is 16.3. The number of carbonyl (C=O) groups excluding carboxylic acids is 1. The van der Waals surface area contributed by atoms with E-state index in [1.807, 2.05) is 0 Å². The van der Waals surface area contributed by atoms with Gasteiger partial charge in [0, 0.05) is 6.42 Å². The number of allylic oxidation sites excluding steroid dienone is 3. The van der Waals surface area contributed by atoms with Crippen LogP contribution in [0.2, 0.25) is 0 Å². The molecule has 10 heteroatoms. The molecule has 0 heterocycles. The van der Waals surface area contributed by atoms with Crippen LogP contribution < -0.4 is 0 Å². The van der Waals surface area contributed by atoms with E-state index >= 15 is 0 Å². The molecule has 0 N–H and O–H groups in total. The minimum Gasteiger partial charge on any atom is -0.493 e. The number of hydrogen-bond donors (Lipinski definition) is 0. The van der Waals surface area contributed by atoms with Crippen molar-refractivity contribution in [1.29, 1.82) is 0 Å². The Labute approximate surface area is 119 Å². The summed E-state index contributed by atoms with van der Waals surface area (Å²) in [4.78, 5) is 11.1. The van der Waals surface area contributed by atoms with Gasteiger partial charge in [-0.15, -0.1) is 0 Å². The van der Waals surface area contributed by atoms with E-state index in [0.29, 0.717) is 0 Å².